The highest BCUT2D eigenvalue weighted by molar-refractivity contribution is 6.35. The minimum atomic E-state index is -0.894. The van der Waals surface area contributed by atoms with Gasteiger partial charge in [0.2, 0.25) is 0 Å². The molecule has 3 N–H and O–H groups in total. The van der Waals surface area contributed by atoms with Crippen LogP contribution in [-0.4, -0.2) is 37.6 Å². The van der Waals surface area contributed by atoms with Gasteiger partial charge in [-0.25, -0.2) is 5.43 Å². The van der Waals surface area contributed by atoms with Gasteiger partial charge in [-0.2, -0.15) is 5.10 Å². The van der Waals surface area contributed by atoms with Crippen LogP contribution in [-0.2, 0) is 14.4 Å². The van der Waals surface area contributed by atoms with Crippen LogP contribution < -0.4 is 20.8 Å². The van der Waals surface area contributed by atoms with Crippen molar-refractivity contribution in [2.75, 3.05) is 19.0 Å². The van der Waals surface area contributed by atoms with E-state index in [0.29, 0.717) is 22.0 Å². The molecule has 8 nitrogen and oxygen atoms in total. The molecule has 0 saturated heterocycles. The van der Waals surface area contributed by atoms with Crippen molar-refractivity contribution in [1.29, 1.82) is 0 Å². The van der Waals surface area contributed by atoms with E-state index < -0.39 is 11.8 Å². The zero-order valence-electron chi connectivity index (χ0n) is 14.4. The average molecular weight is 389 g/mol. The highest BCUT2D eigenvalue weighted by Crippen LogP contribution is 2.16. The number of carbonyl (C=O) groups excluding carboxylic acids is 3. The van der Waals surface area contributed by atoms with Gasteiger partial charge in [-0.3, -0.25) is 14.4 Å². The largest absolute Gasteiger partial charge is 0.483 e. The zero-order chi connectivity index (χ0) is 19.6. The number of anilines is 1. The van der Waals surface area contributed by atoms with Gasteiger partial charge >= 0.3 is 11.8 Å². The number of para-hydroxylation sites is 1. The lowest BCUT2D eigenvalue weighted by molar-refractivity contribution is -0.138. The third-order valence-corrected chi connectivity index (χ3v) is 3.46. The summed E-state index contributed by atoms with van der Waals surface area (Å²) in [4.78, 5) is 34.4. The monoisotopic (exact) mass is 388 g/mol. The average Bonchev–Trinajstić information content (AvgIpc) is 2.68. The molecule has 0 aliphatic heterocycles. The SMILES string of the molecule is CNC(=O)C(=O)N/N=C\c1ccccc1OCC(=O)Nc1ccc(Cl)cc1. The van der Waals surface area contributed by atoms with E-state index in [4.69, 9.17) is 16.3 Å². The molecule has 0 heterocycles. The van der Waals surface area contributed by atoms with Gasteiger partial charge in [0.15, 0.2) is 6.61 Å². The summed E-state index contributed by atoms with van der Waals surface area (Å²) in [6, 6.07) is 13.5. The summed E-state index contributed by atoms with van der Waals surface area (Å²) in [5, 5.41) is 9.12. The minimum absolute atomic E-state index is 0.224. The van der Waals surface area contributed by atoms with E-state index in [9.17, 15) is 14.4 Å². The fourth-order valence-corrected chi connectivity index (χ4v) is 2.04. The van der Waals surface area contributed by atoms with Gasteiger partial charge in [0.25, 0.3) is 5.91 Å². The van der Waals surface area contributed by atoms with Crippen molar-refractivity contribution in [2.24, 2.45) is 5.10 Å². The van der Waals surface area contributed by atoms with Crippen LogP contribution in [0.5, 0.6) is 5.75 Å². The number of nitrogens with one attached hydrogen (secondary N) is 3. The molecule has 0 spiro atoms. The van der Waals surface area contributed by atoms with Gasteiger partial charge in [0.05, 0.1) is 6.21 Å². The lowest BCUT2D eigenvalue weighted by atomic mass is 10.2. The van der Waals surface area contributed by atoms with E-state index in [1.165, 1.54) is 13.3 Å². The van der Waals surface area contributed by atoms with Gasteiger partial charge in [-0.05, 0) is 36.4 Å². The van der Waals surface area contributed by atoms with Crippen molar-refractivity contribution >= 4 is 41.2 Å². The van der Waals surface area contributed by atoms with E-state index in [0.717, 1.165) is 0 Å². The predicted molar refractivity (Wildman–Crippen MR) is 102 cm³/mol. The Labute approximate surface area is 160 Å². The quantitative estimate of drug-likeness (QED) is 0.396. The van der Waals surface area contributed by atoms with E-state index in [-0.39, 0.29) is 12.5 Å². The van der Waals surface area contributed by atoms with E-state index >= 15 is 0 Å². The second-order valence-corrected chi connectivity index (χ2v) is 5.60. The molecule has 2 rings (SSSR count). The number of hydrogen-bond acceptors (Lipinski definition) is 5. The highest BCUT2D eigenvalue weighted by Gasteiger charge is 2.09. The molecule has 0 unspecified atom stereocenters. The topological polar surface area (TPSA) is 109 Å². The summed E-state index contributed by atoms with van der Waals surface area (Å²) in [7, 11) is 1.34. The molecule has 0 bridgehead atoms. The van der Waals surface area contributed by atoms with Crippen molar-refractivity contribution in [3.05, 3.63) is 59.1 Å². The Morgan fingerprint density at radius 3 is 2.48 bits per heavy atom. The summed E-state index contributed by atoms with van der Waals surface area (Å²) in [6.45, 7) is -0.224. The van der Waals surface area contributed by atoms with Gasteiger partial charge in [-0.1, -0.05) is 23.7 Å². The summed E-state index contributed by atoms with van der Waals surface area (Å²) in [6.07, 6.45) is 1.31. The molecule has 0 atom stereocenters. The molecular weight excluding hydrogens is 372 g/mol. The third-order valence-electron chi connectivity index (χ3n) is 3.21. The molecule has 0 aliphatic rings. The standard InChI is InChI=1S/C18H17ClN4O4/c1-20-17(25)18(26)23-21-10-12-4-2-3-5-15(12)27-11-16(24)22-14-8-6-13(19)7-9-14/h2-10H,11H2,1H3,(H,20,25)(H,22,24)(H,23,26)/b21-10-. The highest BCUT2D eigenvalue weighted by atomic mass is 35.5. The third kappa shape index (κ3) is 6.44. The van der Waals surface area contributed by atoms with E-state index in [2.05, 4.69) is 21.2 Å². The Hall–Kier alpha value is -3.39. The maximum atomic E-state index is 12.0. The molecule has 9 heteroatoms. The molecule has 140 valence electrons. The number of amides is 3. The van der Waals surface area contributed by atoms with Gasteiger partial charge in [-0.15, -0.1) is 0 Å². The van der Waals surface area contributed by atoms with Crippen LogP contribution in [0.1, 0.15) is 5.56 Å². The number of benzene rings is 2. The summed E-state index contributed by atoms with van der Waals surface area (Å²) in [5.74, 6) is -1.66. The van der Waals surface area contributed by atoms with Crippen molar-refractivity contribution in [1.82, 2.24) is 10.7 Å². The van der Waals surface area contributed by atoms with Gasteiger partial charge in [0, 0.05) is 23.3 Å². The number of carbonyl (C=O) groups is 3. The number of nitrogens with zero attached hydrogens (tertiary/aromatic N) is 1. The molecule has 0 fully saturated rings. The number of ether oxygens (including phenoxy) is 1. The lowest BCUT2D eigenvalue weighted by Crippen LogP contribution is -2.35. The number of rotatable bonds is 6. The first-order chi connectivity index (χ1) is 13.0. The molecular formula is C18H17ClN4O4. The molecule has 2 aromatic rings. The Bertz CT molecular complexity index is 853. The Morgan fingerprint density at radius 2 is 1.78 bits per heavy atom. The maximum Gasteiger partial charge on any atom is 0.329 e. The first-order valence-corrected chi connectivity index (χ1v) is 8.19. The number of hydrogen-bond donors (Lipinski definition) is 3. The number of likely N-dealkylation sites (N-methyl/N-ethyl adjacent to an activating group) is 1. The Morgan fingerprint density at radius 1 is 1.07 bits per heavy atom. The molecule has 27 heavy (non-hydrogen) atoms. The fourth-order valence-electron chi connectivity index (χ4n) is 1.92. The fraction of sp³-hybridized carbons (Fsp3) is 0.111. The molecule has 2 aromatic carbocycles. The normalized spacial score (nSPS) is 10.3. The van der Waals surface area contributed by atoms with Gasteiger partial charge in [0.1, 0.15) is 5.75 Å². The maximum absolute atomic E-state index is 12.0. The van der Waals surface area contributed by atoms with Crippen LogP contribution in [0.25, 0.3) is 0 Å². The Balaban J connectivity index is 1.93. The number of hydrazone groups is 1. The van der Waals surface area contributed by atoms with Crippen LogP contribution in [0.4, 0.5) is 5.69 Å². The summed E-state index contributed by atoms with van der Waals surface area (Å²) >= 11 is 5.80. The molecule has 0 radical (unpaired) electrons. The van der Waals surface area contributed by atoms with Gasteiger partial charge < -0.3 is 15.4 Å². The zero-order valence-corrected chi connectivity index (χ0v) is 15.1. The second-order valence-electron chi connectivity index (χ2n) is 5.16. The first kappa shape index (κ1) is 19.9. The van der Waals surface area contributed by atoms with Crippen LogP contribution in [0, 0.1) is 0 Å². The van der Waals surface area contributed by atoms with Crippen molar-refractivity contribution in [3.63, 3.8) is 0 Å². The molecule has 0 aliphatic carbocycles. The van der Waals surface area contributed by atoms with E-state index in [1.807, 2.05) is 0 Å². The van der Waals surface area contributed by atoms with Crippen LogP contribution >= 0.6 is 11.6 Å². The molecule has 3 amide bonds. The molecule has 0 aromatic heterocycles. The minimum Gasteiger partial charge on any atom is -0.483 e. The van der Waals surface area contributed by atoms with Crippen LogP contribution in [0.2, 0.25) is 5.02 Å². The smallest absolute Gasteiger partial charge is 0.329 e. The predicted octanol–water partition coefficient (Wildman–Crippen LogP) is 1.55. The van der Waals surface area contributed by atoms with Crippen LogP contribution in [0.3, 0.4) is 0 Å². The summed E-state index contributed by atoms with van der Waals surface area (Å²) < 4.78 is 5.50. The summed E-state index contributed by atoms with van der Waals surface area (Å²) in [5.41, 5.74) is 3.20. The number of halogens is 1. The Kier molecular flexibility index (Phi) is 7.33. The lowest BCUT2D eigenvalue weighted by Gasteiger charge is -2.09. The van der Waals surface area contributed by atoms with Crippen LogP contribution in [0.15, 0.2) is 53.6 Å². The first-order valence-electron chi connectivity index (χ1n) is 7.82. The second kappa shape index (κ2) is 9.93. The van der Waals surface area contributed by atoms with Crippen molar-refractivity contribution in [2.45, 2.75) is 0 Å². The van der Waals surface area contributed by atoms with E-state index in [1.54, 1.807) is 48.5 Å². The van der Waals surface area contributed by atoms with Crippen molar-refractivity contribution in [3.8, 4) is 5.75 Å². The molecule has 0 saturated carbocycles. The van der Waals surface area contributed by atoms with Crippen molar-refractivity contribution < 1.29 is 19.1 Å².